The Kier molecular flexibility index (Phi) is 12.7. The van der Waals surface area contributed by atoms with E-state index < -0.39 is 24.8 Å². The first-order chi connectivity index (χ1) is 29.7. The minimum Gasteiger partial charge on any atom is -0.507 e. The monoisotopic (exact) mass is 878 g/mol. The number of para-hydroxylation sites is 1. The molecule has 5 aromatic carbocycles. The molecule has 2 aliphatic carbocycles. The second-order valence-corrected chi connectivity index (χ2v) is 23.2. The third-order valence-electron chi connectivity index (χ3n) is 11.9. The molecule has 1 saturated heterocycles. The molecule has 1 fully saturated rings. The lowest BCUT2D eigenvalue weighted by Gasteiger charge is -2.35. The van der Waals surface area contributed by atoms with Crippen molar-refractivity contribution < 1.29 is 36.3 Å². The fourth-order valence-corrected chi connectivity index (χ4v) is 12.5. The summed E-state index contributed by atoms with van der Waals surface area (Å²) in [6.07, 6.45) is 9.93. The molecular weight excluding hydrogens is 821 g/mol. The van der Waals surface area contributed by atoms with Crippen LogP contribution in [0.15, 0.2) is 93.3 Å². The van der Waals surface area contributed by atoms with E-state index in [1.807, 2.05) is 54.6 Å². The number of phenolic OH excluding ortho intramolecular Hbond substituents is 1. The van der Waals surface area contributed by atoms with Gasteiger partial charge in [0.15, 0.2) is 8.38 Å². The second kappa shape index (κ2) is 18.4. The first kappa shape index (κ1) is 42.3. The maximum atomic E-state index is 10.8. The Balaban J connectivity index is 0.000000132. The molecule has 11 rings (SSSR count). The molecule has 61 heavy (non-hydrogen) atoms. The zero-order valence-corrected chi connectivity index (χ0v) is 38.8. The standard InChI is InChI=1S/C23H27O2P.C22H19O4P.C5H11O2P/c1-15(2)26-24-20-13-11-16-7-3-5-9-18(16)22(20)23-19-10-6-4-8-17(19)12-14-21(23)25-26;1-13(2)27-25-18-11-5-8-15(23)21(18)20-14-7-3-4-9-16(14)24-17-10-6-12-19(26-27)22(17)20;1-5(2)8-6-3-4-7-8/h11-15H,3-10H2,1-2H3;3-13,20,23H,1-2H3;5H,3-4H2,1-2H3. The zero-order valence-electron chi connectivity index (χ0n) is 36.1. The van der Waals surface area contributed by atoms with Crippen LogP contribution < -0.4 is 13.8 Å². The molecule has 2 unspecified atom stereocenters. The van der Waals surface area contributed by atoms with Gasteiger partial charge in [0, 0.05) is 38.8 Å². The molecule has 11 heteroatoms. The summed E-state index contributed by atoms with van der Waals surface area (Å²) in [6.45, 7) is 14.4. The van der Waals surface area contributed by atoms with Crippen LogP contribution in [0.2, 0.25) is 0 Å². The van der Waals surface area contributed by atoms with Crippen molar-refractivity contribution in [3.8, 4) is 28.7 Å². The minimum atomic E-state index is -1.21. The summed E-state index contributed by atoms with van der Waals surface area (Å²) < 4.78 is 42.3. The van der Waals surface area contributed by atoms with Crippen LogP contribution in [0.4, 0.5) is 0 Å². The molecule has 8 nitrogen and oxygen atoms in total. The number of aryl methyl sites for hydroxylation is 4. The highest BCUT2D eigenvalue weighted by Gasteiger charge is 2.39. The van der Waals surface area contributed by atoms with Crippen molar-refractivity contribution in [1.82, 2.24) is 0 Å². The van der Waals surface area contributed by atoms with Gasteiger partial charge in [-0.25, -0.2) is 0 Å². The third-order valence-corrected chi connectivity index (χ3v) is 16.8. The highest BCUT2D eigenvalue weighted by molar-refractivity contribution is 7.49. The Morgan fingerprint density at radius 3 is 1.62 bits per heavy atom. The number of hydrogen-bond acceptors (Lipinski definition) is 8. The average Bonchev–Trinajstić information content (AvgIpc) is 3.75. The summed E-state index contributed by atoms with van der Waals surface area (Å²) in [4.78, 5) is 0. The van der Waals surface area contributed by atoms with Gasteiger partial charge in [-0.3, -0.25) is 0 Å². The third kappa shape index (κ3) is 8.57. The van der Waals surface area contributed by atoms with E-state index in [9.17, 15) is 5.11 Å². The Labute approximate surface area is 363 Å². The van der Waals surface area contributed by atoms with Crippen LogP contribution in [0.5, 0.6) is 28.7 Å². The molecule has 5 aliphatic rings. The van der Waals surface area contributed by atoms with Gasteiger partial charge in [-0.1, -0.05) is 70.2 Å². The van der Waals surface area contributed by atoms with E-state index in [-0.39, 0.29) is 17.3 Å². The van der Waals surface area contributed by atoms with Gasteiger partial charge in [0.2, 0.25) is 8.01 Å². The van der Waals surface area contributed by atoms with E-state index in [0.717, 1.165) is 58.3 Å². The number of phenols is 1. The Morgan fingerprint density at radius 1 is 0.525 bits per heavy atom. The van der Waals surface area contributed by atoms with E-state index in [4.69, 9.17) is 31.2 Å². The smallest absolute Gasteiger partial charge is 0.293 e. The van der Waals surface area contributed by atoms with Gasteiger partial charge in [0.25, 0.3) is 8.38 Å². The van der Waals surface area contributed by atoms with Gasteiger partial charge >= 0.3 is 0 Å². The molecule has 0 radical (unpaired) electrons. The molecule has 0 saturated carbocycles. The molecule has 6 aromatic rings. The summed E-state index contributed by atoms with van der Waals surface area (Å²) in [6, 6.07) is 28.2. The topological polar surface area (TPSA) is 92.7 Å². The molecule has 1 N–H and O–H groups in total. The molecule has 1 aromatic heterocycles. The molecule has 0 bridgehead atoms. The van der Waals surface area contributed by atoms with Crippen LogP contribution in [0.3, 0.4) is 0 Å². The lowest BCUT2D eigenvalue weighted by atomic mass is 9.81. The van der Waals surface area contributed by atoms with Gasteiger partial charge in [0.1, 0.15) is 39.9 Å². The molecular formula is C50H57O8P3. The summed E-state index contributed by atoms with van der Waals surface area (Å²) in [7, 11) is -2.67. The van der Waals surface area contributed by atoms with Crippen molar-refractivity contribution >= 4 is 46.7 Å². The number of aromatic hydroxyl groups is 1. The van der Waals surface area contributed by atoms with Crippen LogP contribution >= 0.6 is 24.8 Å². The molecule has 3 aliphatic heterocycles. The predicted molar refractivity (Wildman–Crippen MR) is 249 cm³/mol. The number of hydrogen-bond donors (Lipinski definition) is 1. The zero-order chi connectivity index (χ0) is 42.2. The number of ether oxygens (including phenoxy) is 1. The second-order valence-electron chi connectivity index (χ2n) is 17.2. The number of benzene rings is 5. The van der Waals surface area contributed by atoms with Crippen molar-refractivity contribution in [3.63, 3.8) is 0 Å². The maximum Gasteiger partial charge on any atom is 0.293 e. The van der Waals surface area contributed by atoms with Gasteiger partial charge < -0.3 is 36.3 Å². The minimum absolute atomic E-state index is 0.194. The lowest BCUT2D eigenvalue weighted by molar-refractivity contribution is 0.365. The van der Waals surface area contributed by atoms with Crippen molar-refractivity contribution in [2.45, 2.75) is 116 Å². The number of rotatable bonds is 3. The number of fused-ring (bicyclic) bond motifs is 11. The first-order valence-corrected chi connectivity index (χ1v) is 25.8. The van der Waals surface area contributed by atoms with E-state index >= 15 is 0 Å². The molecule has 0 spiro atoms. The Morgan fingerprint density at radius 2 is 1.05 bits per heavy atom. The fourth-order valence-electron chi connectivity index (χ4n) is 9.01. The average molecular weight is 879 g/mol. The van der Waals surface area contributed by atoms with Crippen LogP contribution in [0.25, 0.3) is 21.9 Å². The van der Waals surface area contributed by atoms with Crippen LogP contribution in [-0.4, -0.2) is 29.6 Å². The van der Waals surface area contributed by atoms with Crippen molar-refractivity contribution in [2.24, 2.45) is 0 Å². The quantitative estimate of drug-likeness (QED) is 0.176. The van der Waals surface area contributed by atoms with Crippen molar-refractivity contribution in [1.29, 1.82) is 0 Å². The molecule has 0 amide bonds. The summed E-state index contributed by atoms with van der Waals surface area (Å²) in [5.41, 5.74) is 12.0. The molecule has 320 valence electrons. The van der Waals surface area contributed by atoms with Gasteiger partial charge in [-0.15, -0.1) is 0 Å². The van der Waals surface area contributed by atoms with Crippen molar-refractivity contribution in [3.05, 3.63) is 124 Å². The van der Waals surface area contributed by atoms with E-state index in [2.05, 4.69) is 65.8 Å². The molecule has 2 atom stereocenters. The normalized spacial score (nSPS) is 18.7. The summed E-state index contributed by atoms with van der Waals surface area (Å²) in [5, 5.41) is 13.5. The van der Waals surface area contributed by atoms with E-state index in [0.29, 0.717) is 17.1 Å². The van der Waals surface area contributed by atoms with E-state index in [1.165, 1.54) is 84.4 Å². The SMILES string of the molecule is CC(C)P1OCCO1.CC(C)P1Oc2cccc(O)c2C2c3ccccc3Oc3cccc(c32)O1.CC(C)p1oc2ccc3c(c2c2c4c(ccc2o1)CCCC4)CCCC3. The van der Waals surface area contributed by atoms with Crippen LogP contribution in [0, 0.1) is 0 Å². The first-order valence-electron chi connectivity index (χ1n) is 22.0. The highest BCUT2D eigenvalue weighted by atomic mass is 31.2. The molecule has 4 heterocycles. The highest BCUT2D eigenvalue weighted by Crippen LogP contribution is 2.60. The predicted octanol–water partition coefficient (Wildman–Crippen LogP) is 15.6. The van der Waals surface area contributed by atoms with E-state index in [1.54, 1.807) is 6.07 Å². The van der Waals surface area contributed by atoms with Crippen LogP contribution in [-0.2, 0) is 34.7 Å². The summed E-state index contributed by atoms with van der Waals surface area (Å²) >= 11 is 0. The maximum absolute atomic E-state index is 10.8. The van der Waals surface area contributed by atoms with Gasteiger partial charge in [-0.2, -0.15) is 0 Å². The van der Waals surface area contributed by atoms with Gasteiger partial charge in [0.05, 0.1) is 24.8 Å². The lowest BCUT2D eigenvalue weighted by Crippen LogP contribution is -2.17. The Hall–Kier alpha value is -4.02. The van der Waals surface area contributed by atoms with Gasteiger partial charge in [-0.05, 0) is 130 Å². The van der Waals surface area contributed by atoms with Crippen LogP contribution in [0.1, 0.15) is 118 Å². The summed E-state index contributed by atoms with van der Waals surface area (Å²) in [5.74, 6) is 2.95. The van der Waals surface area contributed by atoms with Crippen molar-refractivity contribution in [2.75, 3.05) is 13.2 Å². The largest absolute Gasteiger partial charge is 0.507 e. The fraction of sp³-hybridized carbons (Fsp3) is 0.400. The Bertz CT molecular complexity index is 2480.